The molecule has 0 spiro atoms. The Labute approximate surface area is 122 Å². The summed E-state index contributed by atoms with van der Waals surface area (Å²) in [5, 5.41) is 9.49. The Kier molecular flexibility index (Phi) is 4.49. The quantitative estimate of drug-likeness (QED) is 0.918. The number of ether oxygens (including phenoxy) is 2. The molecule has 5 heteroatoms. The first-order chi connectivity index (χ1) is 9.67. The van der Waals surface area contributed by atoms with Crippen LogP contribution in [-0.2, 0) is 12.8 Å². The van der Waals surface area contributed by atoms with Gasteiger partial charge in [-0.1, -0.05) is 0 Å². The van der Waals surface area contributed by atoms with E-state index in [4.69, 9.17) is 20.5 Å². The predicted octanol–water partition coefficient (Wildman–Crippen LogP) is 3.00. The summed E-state index contributed by atoms with van der Waals surface area (Å²) < 4.78 is 10.6. The molecule has 2 rings (SSSR count). The summed E-state index contributed by atoms with van der Waals surface area (Å²) >= 11 is 1.46. The van der Waals surface area contributed by atoms with E-state index in [0.717, 1.165) is 34.8 Å². The van der Waals surface area contributed by atoms with E-state index in [1.165, 1.54) is 11.3 Å². The molecule has 0 aliphatic heterocycles. The van der Waals surface area contributed by atoms with Crippen molar-refractivity contribution >= 4 is 16.3 Å². The summed E-state index contributed by atoms with van der Waals surface area (Å²) in [6, 6.07) is 9.70. The molecule has 4 nitrogen and oxygen atoms in total. The smallest absolute Gasteiger partial charge is 0.122 e. The number of aryl methyl sites for hydroxylation is 2. The molecular formula is C15H16N2O2S. The van der Waals surface area contributed by atoms with Gasteiger partial charge in [0.2, 0.25) is 0 Å². The van der Waals surface area contributed by atoms with E-state index in [9.17, 15) is 0 Å². The van der Waals surface area contributed by atoms with Crippen molar-refractivity contribution in [2.45, 2.75) is 12.8 Å². The number of hydrogen-bond donors (Lipinski definition) is 1. The number of nitrogens with zero attached hydrogens (tertiary/aromatic N) is 1. The Hall–Kier alpha value is -2.19. The maximum absolute atomic E-state index is 8.91. The fourth-order valence-electron chi connectivity index (χ4n) is 2.00. The standard InChI is InChI=1S/C15H16N2O2S/c1-18-12-4-6-14(19-2)10(7-12)3-5-13-8-11(9-16)15(17)20-13/h4,6-8H,3,5,17H2,1-2H3. The van der Waals surface area contributed by atoms with E-state index in [2.05, 4.69) is 6.07 Å². The summed E-state index contributed by atoms with van der Waals surface area (Å²) in [5.74, 6) is 1.65. The van der Waals surface area contributed by atoms with Crippen molar-refractivity contribution in [3.05, 3.63) is 40.3 Å². The van der Waals surface area contributed by atoms with Crippen LogP contribution in [-0.4, -0.2) is 14.2 Å². The molecule has 0 fully saturated rings. The van der Waals surface area contributed by atoms with Gasteiger partial charge in [0.05, 0.1) is 19.8 Å². The molecule has 0 aliphatic carbocycles. The van der Waals surface area contributed by atoms with Crippen LogP contribution in [0.2, 0.25) is 0 Å². The van der Waals surface area contributed by atoms with Crippen LogP contribution in [0.3, 0.4) is 0 Å². The van der Waals surface area contributed by atoms with Gasteiger partial charge in [-0.25, -0.2) is 0 Å². The highest BCUT2D eigenvalue weighted by molar-refractivity contribution is 7.16. The molecule has 104 valence electrons. The number of anilines is 1. The lowest BCUT2D eigenvalue weighted by Crippen LogP contribution is -1.95. The van der Waals surface area contributed by atoms with E-state index in [-0.39, 0.29) is 0 Å². The lowest BCUT2D eigenvalue weighted by molar-refractivity contribution is 0.398. The highest BCUT2D eigenvalue weighted by atomic mass is 32.1. The van der Waals surface area contributed by atoms with Crippen molar-refractivity contribution in [2.24, 2.45) is 0 Å². The monoisotopic (exact) mass is 288 g/mol. The summed E-state index contributed by atoms with van der Waals surface area (Å²) in [7, 11) is 3.30. The van der Waals surface area contributed by atoms with Crippen molar-refractivity contribution in [3.8, 4) is 17.6 Å². The second-order valence-electron chi connectivity index (χ2n) is 4.28. The number of nitrogens with two attached hydrogens (primary N) is 1. The molecule has 0 radical (unpaired) electrons. The van der Waals surface area contributed by atoms with Crippen LogP contribution in [0, 0.1) is 11.3 Å². The molecule has 1 heterocycles. The van der Waals surface area contributed by atoms with Crippen LogP contribution in [0.25, 0.3) is 0 Å². The fraction of sp³-hybridized carbons (Fsp3) is 0.267. The van der Waals surface area contributed by atoms with Crippen LogP contribution in [0.5, 0.6) is 11.5 Å². The molecule has 0 aliphatic rings. The van der Waals surface area contributed by atoms with Gasteiger partial charge in [-0.05, 0) is 42.7 Å². The third-order valence-corrected chi connectivity index (χ3v) is 4.08. The third-order valence-electron chi connectivity index (χ3n) is 3.06. The van der Waals surface area contributed by atoms with Crippen molar-refractivity contribution in [1.29, 1.82) is 5.26 Å². The summed E-state index contributed by atoms with van der Waals surface area (Å²) in [4.78, 5) is 1.10. The van der Waals surface area contributed by atoms with Gasteiger partial charge < -0.3 is 15.2 Å². The molecule has 1 aromatic heterocycles. The van der Waals surface area contributed by atoms with Gasteiger partial charge in [0.25, 0.3) is 0 Å². The minimum atomic E-state index is 0.558. The number of thiophene rings is 1. The van der Waals surface area contributed by atoms with E-state index < -0.39 is 0 Å². The zero-order valence-electron chi connectivity index (χ0n) is 11.5. The maximum Gasteiger partial charge on any atom is 0.122 e. The van der Waals surface area contributed by atoms with Crippen LogP contribution in [0.15, 0.2) is 24.3 Å². The van der Waals surface area contributed by atoms with Gasteiger partial charge in [-0.15, -0.1) is 11.3 Å². The van der Waals surface area contributed by atoms with Crippen molar-refractivity contribution in [1.82, 2.24) is 0 Å². The van der Waals surface area contributed by atoms with Gasteiger partial charge in [0.15, 0.2) is 0 Å². The summed E-state index contributed by atoms with van der Waals surface area (Å²) in [6.45, 7) is 0. The Morgan fingerprint density at radius 1 is 1.20 bits per heavy atom. The van der Waals surface area contributed by atoms with E-state index in [0.29, 0.717) is 10.6 Å². The lowest BCUT2D eigenvalue weighted by atomic mass is 10.1. The Morgan fingerprint density at radius 2 is 2.00 bits per heavy atom. The van der Waals surface area contributed by atoms with E-state index in [1.54, 1.807) is 14.2 Å². The van der Waals surface area contributed by atoms with Crippen LogP contribution in [0.4, 0.5) is 5.00 Å². The Bertz CT molecular complexity index is 644. The normalized spacial score (nSPS) is 10.1. The van der Waals surface area contributed by atoms with Gasteiger partial charge >= 0.3 is 0 Å². The Balaban J connectivity index is 2.15. The topological polar surface area (TPSA) is 68.3 Å². The lowest BCUT2D eigenvalue weighted by Gasteiger charge is -2.09. The van der Waals surface area contributed by atoms with E-state index in [1.807, 2.05) is 24.3 Å². The second kappa shape index (κ2) is 6.31. The summed E-state index contributed by atoms with van der Waals surface area (Å²) in [6.07, 6.45) is 1.63. The molecule has 0 unspecified atom stereocenters. The molecule has 2 N–H and O–H groups in total. The van der Waals surface area contributed by atoms with Crippen molar-refractivity contribution in [2.75, 3.05) is 20.0 Å². The Morgan fingerprint density at radius 3 is 2.60 bits per heavy atom. The first kappa shape index (κ1) is 14.2. The minimum absolute atomic E-state index is 0.558. The number of nitriles is 1. The predicted molar refractivity (Wildman–Crippen MR) is 80.4 cm³/mol. The number of benzene rings is 1. The first-order valence-electron chi connectivity index (χ1n) is 6.17. The summed E-state index contributed by atoms with van der Waals surface area (Å²) in [5.41, 5.74) is 7.41. The zero-order valence-corrected chi connectivity index (χ0v) is 12.3. The fourth-order valence-corrected chi connectivity index (χ4v) is 2.88. The number of rotatable bonds is 5. The highest BCUT2D eigenvalue weighted by Gasteiger charge is 2.09. The van der Waals surface area contributed by atoms with Gasteiger partial charge in [-0.3, -0.25) is 0 Å². The molecule has 0 saturated heterocycles. The molecular weight excluding hydrogens is 272 g/mol. The minimum Gasteiger partial charge on any atom is -0.497 e. The SMILES string of the molecule is COc1ccc(OC)c(CCc2cc(C#N)c(N)s2)c1. The average Bonchev–Trinajstić information content (AvgIpc) is 2.84. The number of nitrogen functional groups attached to an aromatic ring is 1. The zero-order chi connectivity index (χ0) is 14.5. The molecule has 1 aromatic carbocycles. The average molecular weight is 288 g/mol. The number of methoxy groups -OCH3 is 2. The van der Waals surface area contributed by atoms with Gasteiger partial charge in [-0.2, -0.15) is 5.26 Å². The first-order valence-corrected chi connectivity index (χ1v) is 6.98. The number of hydrogen-bond acceptors (Lipinski definition) is 5. The van der Waals surface area contributed by atoms with Crippen LogP contribution in [0.1, 0.15) is 16.0 Å². The van der Waals surface area contributed by atoms with Gasteiger partial charge in [0.1, 0.15) is 22.6 Å². The van der Waals surface area contributed by atoms with Crippen LogP contribution >= 0.6 is 11.3 Å². The van der Waals surface area contributed by atoms with Crippen LogP contribution < -0.4 is 15.2 Å². The van der Waals surface area contributed by atoms with Gasteiger partial charge in [0, 0.05) is 4.88 Å². The third kappa shape index (κ3) is 3.03. The molecule has 20 heavy (non-hydrogen) atoms. The van der Waals surface area contributed by atoms with Crippen molar-refractivity contribution in [3.63, 3.8) is 0 Å². The molecule has 0 amide bonds. The van der Waals surface area contributed by atoms with Crippen molar-refractivity contribution < 1.29 is 9.47 Å². The highest BCUT2D eigenvalue weighted by Crippen LogP contribution is 2.28. The largest absolute Gasteiger partial charge is 0.497 e. The maximum atomic E-state index is 8.91. The second-order valence-corrected chi connectivity index (χ2v) is 5.45. The molecule has 0 atom stereocenters. The van der Waals surface area contributed by atoms with E-state index >= 15 is 0 Å². The molecule has 2 aromatic rings. The molecule has 0 saturated carbocycles. The molecule has 0 bridgehead atoms.